The van der Waals surface area contributed by atoms with Crippen molar-refractivity contribution in [3.8, 4) is 0 Å². The monoisotopic (exact) mass is 524 g/mol. The molecule has 216 valence electrons. The van der Waals surface area contributed by atoms with Crippen molar-refractivity contribution in [3.05, 3.63) is 17.4 Å². The third-order valence-electron chi connectivity index (χ3n) is 6.21. The van der Waals surface area contributed by atoms with Crippen LogP contribution in [0, 0.1) is 5.21 Å². The van der Waals surface area contributed by atoms with Crippen molar-refractivity contribution in [1.29, 1.82) is 0 Å². The zero-order chi connectivity index (χ0) is 27.6. The first-order valence-electron chi connectivity index (χ1n) is 14.7. The highest BCUT2D eigenvalue weighted by atomic mass is 16.5. The maximum absolute atomic E-state index is 11.9. The number of carbonyl (C=O) groups excluding carboxylic acids is 3. The largest absolute Gasteiger partial charge is 0.633 e. The van der Waals surface area contributed by atoms with E-state index in [4.69, 9.17) is 0 Å². The number of allylic oxidation sites excluding steroid dienone is 2. The molecule has 37 heavy (non-hydrogen) atoms. The van der Waals surface area contributed by atoms with Gasteiger partial charge in [-0.1, -0.05) is 70.4 Å². The Morgan fingerprint density at radius 3 is 1.54 bits per heavy atom. The smallest absolute Gasteiger partial charge is 0.220 e. The summed E-state index contributed by atoms with van der Waals surface area (Å²) in [4.78, 5) is 35.5. The second-order valence-electron chi connectivity index (χ2n) is 10.5. The third-order valence-corrected chi connectivity index (χ3v) is 6.21. The molecule has 0 heterocycles. The summed E-state index contributed by atoms with van der Waals surface area (Å²) >= 11 is 0. The van der Waals surface area contributed by atoms with Crippen molar-refractivity contribution in [2.24, 2.45) is 0 Å². The molecule has 0 aliphatic carbocycles. The summed E-state index contributed by atoms with van der Waals surface area (Å²) in [7, 11) is 3.13. The quantitative estimate of drug-likeness (QED) is 0.0666. The van der Waals surface area contributed by atoms with Crippen LogP contribution in [0.25, 0.3) is 0 Å². The maximum atomic E-state index is 11.9. The molecule has 0 saturated heterocycles. The van der Waals surface area contributed by atoms with Gasteiger partial charge in [0.1, 0.15) is 0 Å². The Labute approximate surface area is 226 Å². The minimum absolute atomic E-state index is 0.0196. The van der Waals surface area contributed by atoms with Crippen LogP contribution >= 0.6 is 0 Å². The fraction of sp³-hybridized carbons (Fsp3) is 0.828. The van der Waals surface area contributed by atoms with Gasteiger partial charge in [-0.15, -0.1) is 0 Å². The van der Waals surface area contributed by atoms with Crippen LogP contribution in [-0.4, -0.2) is 62.6 Å². The topological polar surface area (TPSA) is 110 Å². The Hall–Kier alpha value is -1.93. The molecule has 0 fully saturated rings. The molecular weight excluding hydrogens is 468 g/mol. The molecule has 0 bridgehead atoms. The predicted molar refractivity (Wildman–Crippen MR) is 153 cm³/mol. The molecule has 0 aromatic rings. The fourth-order valence-electron chi connectivity index (χ4n) is 3.94. The molecule has 0 aromatic carbocycles. The van der Waals surface area contributed by atoms with Crippen LogP contribution < -0.4 is 16.0 Å². The molecule has 3 amide bonds. The highest BCUT2D eigenvalue weighted by Gasteiger charge is 2.08. The summed E-state index contributed by atoms with van der Waals surface area (Å²) in [5.74, 6) is -0.384. The van der Waals surface area contributed by atoms with Crippen molar-refractivity contribution in [2.75, 3.05) is 40.3 Å². The molecule has 0 radical (unpaired) electrons. The highest BCUT2D eigenvalue weighted by molar-refractivity contribution is 5.83. The van der Waals surface area contributed by atoms with Gasteiger partial charge in [-0.2, -0.15) is 0 Å². The lowest BCUT2D eigenvalue weighted by Crippen LogP contribution is -2.36. The first kappa shape index (κ1) is 35.1. The second kappa shape index (κ2) is 24.4. The lowest BCUT2D eigenvalue weighted by Gasteiger charge is -2.33. The Morgan fingerprint density at radius 1 is 0.595 bits per heavy atom. The van der Waals surface area contributed by atoms with Crippen molar-refractivity contribution in [2.45, 2.75) is 116 Å². The first-order valence-corrected chi connectivity index (χ1v) is 14.7. The molecule has 0 aliphatic rings. The zero-order valence-corrected chi connectivity index (χ0v) is 24.1. The second-order valence-corrected chi connectivity index (χ2v) is 10.5. The Morgan fingerprint density at radius 2 is 1.03 bits per heavy atom. The number of unbranched alkanes of at least 4 members (excludes halogenated alkanes) is 11. The normalized spacial score (nSPS) is 11.6. The molecule has 0 spiro atoms. The van der Waals surface area contributed by atoms with Gasteiger partial charge in [0.25, 0.3) is 0 Å². The Balaban J connectivity index is 3.46. The number of amides is 3. The number of nitrogens with zero attached hydrogens (tertiary/aromatic N) is 1. The van der Waals surface area contributed by atoms with Gasteiger partial charge in [0.2, 0.25) is 17.7 Å². The van der Waals surface area contributed by atoms with Crippen LogP contribution in [0.2, 0.25) is 0 Å². The molecular formula is C29H56N4O4. The zero-order valence-electron chi connectivity index (χ0n) is 24.1. The number of carbonyl (C=O) groups is 3. The Kier molecular flexibility index (Phi) is 23.1. The Bertz CT molecular complexity index is 618. The van der Waals surface area contributed by atoms with E-state index in [9.17, 15) is 19.6 Å². The summed E-state index contributed by atoms with van der Waals surface area (Å²) < 4.78 is -0.383. The van der Waals surface area contributed by atoms with E-state index in [1.807, 2.05) is 0 Å². The van der Waals surface area contributed by atoms with Gasteiger partial charge in [-0.3, -0.25) is 14.4 Å². The summed E-state index contributed by atoms with van der Waals surface area (Å²) in [6, 6.07) is 0. The molecule has 0 saturated carbocycles. The van der Waals surface area contributed by atoms with Crippen LogP contribution in [0.1, 0.15) is 116 Å². The molecule has 3 N–H and O–H groups in total. The first-order chi connectivity index (χ1) is 17.7. The summed E-state index contributed by atoms with van der Waals surface area (Å²) in [6.07, 6.45) is 22.1. The van der Waals surface area contributed by atoms with Crippen molar-refractivity contribution in [1.82, 2.24) is 16.0 Å². The average Bonchev–Trinajstić information content (AvgIpc) is 2.85. The van der Waals surface area contributed by atoms with E-state index in [2.05, 4.69) is 35.0 Å². The maximum Gasteiger partial charge on any atom is 0.220 e. The van der Waals surface area contributed by atoms with E-state index in [0.717, 1.165) is 25.7 Å². The van der Waals surface area contributed by atoms with Gasteiger partial charge in [-0.25, -0.2) is 0 Å². The van der Waals surface area contributed by atoms with Crippen molar-refractivity contribution in [3.63, 3.8) is 0 Å². The van der Waals surface area contributed by atoms with Crippen LogP contribution in [0.4, 0.5) is 0 Å². The van der Waals surface area contributed by atoms with Crippen LogP contribution in [0.5, 0.6) is 0 Å². The number of hydrogen-bond acceptors (Lipinski definition) is 4. The van der Waals surface area contributed by atoms with Gasteiger partial charge >= 0.3 is 0 Å². The van der Waals surface area contributed by atoms with Crippen LogP contribution in [-0.2, 0) is 14.4 Å². The van der Waals surface area contributed by atoms with E-state index in [-0.39, 0.29) is 35.2 Å². The van der Waals surface area contributed by atoms with Crippen molar-refractivity contribution >= 4 is 17.7 Å². The SMILES string of the molecule is CCCCCCCC/C=C\CCCCCCCC(=O)NCCNC(=O)CCC(=O)NCCC[N+](C)(C)[O-]. The van der Waals surface area contributed by atoms with Gasteiger partial charge in [0.15, 0.2) is 0 Å². The standard InChI is InChI=1S/C29H56N4O4/c1-4-5-6-7-8-9-10-11-12-13-14-15-16-17-18-20-27(34)31-24-25-32-29(36)22-21-28(35)30-23-19-26-33(2,3)37/h11-12H,4-10,13-26H2,1-3H3,(H,30,35)(H,31,34)(H,32,36)/b12-11-. The number of quaternary nitrogens is 1. The fourth-order valence-corrected chi connectivity index (χ4v) is 3.94. The van der Waals surface area contributed by atoms with E-state index < -0.39 is 0 Å². The predicted octanol–water partition coefficient (Wildman–Crippen LogP) is 5.12. The van der Waals surface area contributed by atoms with Gasteiger partial charge in [0, 0.05) is 45.3 Å². The van der Waals surface area contributed by atoms with Gasteiger partial charge in [0.05, 0.1) is 20.6 Å². The van der Waals surface area contributed by atoms with Gasteiger partial charge < -0.3 is 25.8 Å². The molecule has 0 aliphatic heterocycles. The molecule has 0 unspecified atom stereocenters. The molecule has 8 heteroatoms. The molecule has 0 rings (SSSR count). The molecule has 0 atom stereocenters. The average molecular weight is 525 g/mol. The van der Waals surface area contributed by atoms with E-state index in [0.29, 0.717) is 39.0 Å². The lowest BCUT2D eigenvalue weighted by atomic mass is 10.1. The summed E-state index contributed by atoms with van der Waals surface area (Å²) in [5.41, 5.74) is 0. The number of rotatable bonds is 25. The minimum atomic E-state index is -0.383. The number of nitrogens with one attached hydrogen (secondary N) is 3. The van der Waals surface area contributed by atoms with Crippen molar-refractivity contribution < 1.29 is 19.0 Å². The minimum Gasteiger partial charge on any atom is -0.633 e. The van der Waals surface area contributed by atoms with Crippen LogP contribution in [0.15, 0.2) is 12.2 Å². The molecule has 0 aromatic heterocycles. The number of hydroxylamine groups is 3. The highest BCUT2D eigenvalue weighted by Crippen LogP contribution is 2.10. The van der Waals surface area contributed by atoms with E-state index in [1.54, 1.807) is 14.1 Å². The third kappa shape index (κ3) is 28.5. The van der Waals surface area contributed by atoms with Crippen LogP contribution in [0.3, 0.4) is 0 Å². The van der Waals surface area contributed by atoms with E-state index in [1.165, 1.54) is 57.8 Å². The van der Waals surface area contributed by atoms with E-state index >= 15 is 0 Å². The summed E-state index contributed by atoms with van der Waals surface area (Å²) in [5, 5.41) is 19.7. The van der Waals surface area contributed by atoms with Gasteiger partial charge in [-0.05, 0) is 32.1 Å². The summed E-state index contributed by atoms with van der Waals surface area (Å²) in [6.45, 7) is 3.88. The number of hydrogen-bond donors (Lipinski definition) is 3. The lowest BCUT2D eigenvalue weighted by molar-refractivity contribution is -0.840. The molecule has 8 nitrogen and oxygen atoms in total.